The Hall–Kier alpha value is -7.50. The van der Waals surface area contributed by atoms with Gasteiger partial charge >= 0.3 is 0 Å². The molecule has 12 rings (SSSR count). The van der Waals surface area contributed by atoms with E-state index in [0.717, 1.165) is 101 Å². The molecule has 1 aliphatic heterocycles. The van der Waals surface area contributed by atoms with Crippen molar-refractivity contribution in [1.82, 2.24) is 9.97 Å². The van der Waals surface area contributed by atoms with Gasteiger partial charge in [0.25, 0.3) is 0 Å². The molecule has 0 fully saturated rings. The van der Waals surface area contributed by atoms with Crippen LogP contribution >= 0.6 is 0 Å². The predicted molar refractivity (Wildman–Crippen MR) is 222 cm³/mol. The highest BCUT2D eigenvalue weighted by Crippen LogP contribution is 2.67. The molecule has 0 saturated heterocycles. The van der Waals surface area contributed by atoms with Gasteiger partial charge in [0.2, 0.25) is 0 Å². The number of anilines is 2. The van der Waals surface area contributed by atoms with Crippen LogP contribution in [0.3, 0.4) is 0 Å². The van der Waals surface area contributed by atoms with E-state index in [1.165, 1.54) is 0 Å². The first kappa shape index (κ1) is 30.9. The highest BCUT2D eigenvalue weighted by molar-refractivity contribution is 6.09. The van der Waals surface area contributed by atoms with Gasteiger partial charge in [0.15, 0.2) is 17.3 Å². The summed E-state index contributed by atoms with van der Waals surface area (Å²) in [7, 11) is 0. The third-order valence-electron chi connectivity index (χ3n) is 11.5. The zero-order valence-electron chi connectivity index (χ0n) is 30.1. The monoisotopic (exact) mass is 717 g/mol. The molecule has 262 valence electrons. The number of rotatable bonds is 4. The zero-order valence-corrected chi connectivity index (χ0v) is 30.1. The maximum atomic E-state index is 7.30. The van der Waals surface area contributed by atoms with Gasteiger partial charge in [-0.2, -0.15) is 0 Å². The standard InChI is InChI=1S/C51H31N3O2/c1-4-17-32(18-5-1)40-31-41(53-50(52-40)33-19-6-2-7-20-33)36-25-16-27-39-45(36)35-23-10-12-26-38(35)51(39)48-46(37-24-11-14-29-43(37)55-48)47-49(51)56-44-30-15-13-28-42(44)54(47)34-21-8-3-9-22-34/h1-31H. The Morgan fingerprint density at radius 2 is 1.14 bits per heavy atom. The molecule has 1 unspecified atom stereocenters. The van der Waals surface area contributed by atoms with Gasteiger partial charge in [0.1, 0.15) is 16.8 Å². The largest absolute Gasteiger partial charge is 0.459 e. The molecule has 3 aliphatic rings. The summed E-state index contributed by atoms with van der Waals surface area (Å²) in [5, 5.41) is 1.05. The number of aromatic nitrogens is 2. The van der Waals surface area contributed by atoms with Crippen molar-refractivity contribution in [3.63, 3.8) is 0 Å². The van der Waals surface area contributed by atoms with Crippen LogP contribution in [-0.4, -0.2) is 9.97 Å². The van der Waals surface area contributed by atoms with Crippen LogP contribution in [0.1, 0.15) is 22.5 Å². The summed E-state index contributed by atoms with van der Waals surface area (Å²) in [6, 6.07) is 65.3. The third kappa shape index (κ3) is 4.19. The topological polar surface area (TPSA) is 51.4 Å². The van der Waals surface area contributed by atoms with Gasteiger partial charge in [0, 0.05) is 27.8 Å². The van der Waals surface area contributed by atoms with E-state index in [1.54, 1.807) is 0 Å². The molecule has 2 aliphatic carbocycles. The van der Waals surface area contributed by atoms with Crippen LogP contribution in [0.4, 0.5) is 11.4 Å². The fraction of sp³-hybridized carbons (Fsp3) is 0.0196. The lowest BCUT2D eigenvalue weighted by atomic mass is 9.76. The van der Waals surface area contributed by atoms with Gasteiger partial charge in [0.05, 0.1) is 28.3 Å². The number of hydrogen-bond acceptors (Lipinski definition) is 5. The predicted octanol–water partition coefficient (Wildman–Crippen LogP) is 12.5. The zero-order chi connectivity index (χ0) is 36.8. The number of benzene rings is 7. The summed E-state index contributed by atoms with van der Waals surface area (Å²) >= 11 is 0. The second-order valence-electron chi connectivity index (χ2n) is 14.4. The highest BCUT2D eigenvalue weighted by Gasteiger charge is 2.61. The van der Waals surface area contributed by atoms with Gasteiger partial charge in [-0.05, 0) is 58.7 Å². The van der Waals surface area contributed by atoms with Crippen LogP contribution in [0.2, 0.25) is 0 Å². The maximum absolute atomic E-state index is 7.30. The smallest absolute Gasteiger partial charge is 0.160 e. The number of ether oxygens (including phenoxy) is 1. The molecule has 0 N–H and O–H groups in total. The van der Waals surface area contributed by atoms with Gasteiger partial charge < -0.3 is 14.1 Å². The summed E-state index contributed by atoms with van der Waals surface area (Å²) in [6.07, 6.45) is 0. The van der Waals surface area contributed by atoms with E-state index in [2.05, 4.69) is 157 Å². The minimum Gasteiger partial charge on any atom is -0.459 e. The SMILES string of the molecule is c1ccc(-c2cc(-c3cccc4c3-c3ccccc3C43C4=C(c5c3oc3ccccc53)N(c3ccccc3)c3ccccc3O4)nc(-c3ccccc3)n2)cc1. The minimum atomic E-state index is -0.899. The summed E-state index contributed by atoms with van der Waals surface area (Å²) in [5.41, 5.74) is 13.2. The van der Waals surface area contributed by atoms with Crippen LogP contribution in [0, 0.1) is 0 Å². The van der Waals surface area contributed by atoms with Crippen LogP contribution in [0.25, 0.3) is 61.7 Å². The van der Waals surface area contributed by atoms with Gasteiger partial charge in [-0.3, -0.25) is 0 Å². The normalized spacial score (nSPS) is 16.0. The summed E-state index contributed by atoms with van der Waals surface area (Å²) < 4.78 is 14.5. The molecule has 0 radical (unpaired) electrons. The van der Waals surface area contributed by atoms with Crippen molar-refractivity contribution in [2.24, 2.45) is 0 Å². The Bertz CT molecular complexity index is 3000. The van der Waals surface area contributed by atoms with Crippen LogP contribution in [0.5, 0.6) is 5.75 Å². The molecule has 0 saturated carbocycles. The average molecular weight is 718 g/mol. The fourth-order valence-electron chi connectivity index (χ4n) is 9.17. The lowest BCUT2D eigenvalue weighted by Crippen LogP contribution is -2.32. The van der Waals surface area contributed by atoms with Crippen molar-refractivity contribution in [2.75, 3.05) is 4.90 Å². The average Bonchev–Trinajstić information content (AvgIpc) is 3.90. The van der Waals surface area contributed by atoms with E-state index in [-0.39, 0.29) is 0 Å². The number of nitrogens with zero attached hydrogens (tertiary/aromatic N) is 3. The van der Waals surface area contributed by atoms with Gasteiger partial charge in [-0.25, -0.2) is 9.97 Å². The number of furan rings is 1. The Kier molecular flexibility index (Phi) is 6.48. The van der Waals surface area contributed by atoms with E-state index in [9.17, 15) is 0 Å². The van der Waals surface area contributed by atoms with E-state index in [1.807, 2.05) is 36.4 Å². The third-order valence-corrected chi connectivity index (χ3v) is 11.5. The van der Waals surface area contributed by atoms with Crippen molar-refractivity contribution in [2.45, 2.75) is 5.41 Å². The number of hydrogen-bond donors (Lipinski definition) is 0. The molecule has 0 bridgehead atoms. The van der Waals surface area contributed by atoms with Gasteiger partial charge in [-0.15, -0.1) is 0 Å². The quantitative estimate of drug-likeness (QED) is 0.181. The molecular formula is C51H31N3O2. The Morgan fingerprint density at radius 1 is 0.500 bits per heavy atom. The van der Waals surface area contributed by atoms with Crippen LogP contribution in [0.15, 0.2) is 198 Å². The molecular weight excluding hydrogens is 687 g/mol. The Balaban J connectivity index is 1.19. The van der Waals surface area contributed by atoms with Crippen molar-refractivity contribution in [1.29, 1.82) is 0 Å². The summed E-state index contributed by atoms with van der Waals surface area (Å²) in [4.78, 5) is 12.8. The van der Waals surface area contributed by atoms with Crippen molar-refractivity contribution in [3.8, 4) is 50.8 Å². The number of fused-ring (bicyclic) bond motifs is 12. The fourth-order valence-corrected chi connectivity index (χ4v) is 9.17. The maximum Gasteiger partial charge on any atom is 0.160 e. The molecule has 1 spiro atoms. The molecule has 56 heavy (non-hydrogen) atoms. The van der Waals surface area contributed by atoms with Crippen LogP contribution in [-0.2, 0) is 5.41 Å². The molecule has 1 atom stereocenters. The van der Waals surface area contributed by atoms with Crippen molar-refractivity contribution < 1.29 is 9.15 Å². The van der Waals surface area contributed by atoms with E-state index in [4.69, 9.17) is 19.1 Å². The molecule has 7 aromatic carbocycles. The van der Waals surface area contributed by atoms with E-state index < -0.39 is 5.41 Å². The minimum absolute atomic E-state index is 0.678. The number of para-hydroxylation sites is 4. The highest BCUT2D eigenvalue weighted by atomic mass is 16.5. The summed E-state index contributed by atoms with van der Waals surface area (Å²) in [6.45, 7) is 0. The molecule has 5 heteroatoms. The first-order valence-electron chi connectivity index (χ1n) is 18.9. The Morgan fingerprint density at radius 3 is 1.98 bits per heavy atom. The van der Waals surface area contributed by atoms with Crippen molar-refractivity contribution in [3.05, 3.63) is 216 Å². The second kappa shape index (κ2) is 11.7. The molecule has 5 nitrogen and oxygen atoms in total. The lowest BCUT2D eigenvalue weighted by Gasteiger charge is -2.36. The van der Waals surface area contributed by atoms with E-state index in [0.29, 0.717) is 5.82 Å². The molecule has 3 heterocycles. The molecule has 0 amide bonds. The first-order valence-corrected chi connectivity index (χ1v) is 18.9. The van der Waals surface area contributed by atoms with Crippen LogP contribution < -0.4 is 9.64 Å². The van der Waals surface area contributed by atoms with E-state index >= 15 is 0 Å². The Labute approximate surface area is 323 Å². The molecule has 9 aromatic rings. The number of allylic oxidation sites excluding steroid dienone is 1. The van der Waals surface area contributed by atoms with Crippen molar-refractivity contribution >= 4 is 28.0 Å². The van der Waals surface area contributed by atoms with Gasteiger partial charge in [-0.1, -0.05) is 152 Å². The second-order valence-corrected chi connectivity index (χ2v) is 14.4. The first-order chi connectivity index (χ1) is 27.8. The lowest BCUT2D eigenvalue weighted by molar-refractivity contribution is 0.346. The molecule has 2 aromatic heterocycles. The summed E-state index contributed by atoms with van der Waals surface area (Å²) in [5.74, 6) is 3.16.